The van der Waals surface area contributed by atoms with Gasteiger partial charge in [-0.2, -0.15) is 0 Å². The third kappa shape index (κ3) is 4.79. The summed E-state index contributed by atoms with van der Waals surface area (Å²) in [6.45, 7) is -0.0722. The molecular weight excluding hydrogens is 472 g/mol. The third-order valence-electron chi connectivity index (χ3n) is 5.80. The van der Waals surface area contributed by atoms with Gasteiger partial charge >= 0.3 is 0 Å². The monoisotopic (exact) mass is 492 g/mol. The highest BCUT2D eigenvalue weighted by Crippen LogP contribution is 2.34. The second-order valence-electron chi connectivity index (χ2n) is 8.07. The number of imide groups is 1. The molecule has 3 aromatic rings. The standard InChI is InChI=1S/C26H21ClN2O6/c27-18-7-9-19(10-8-18)29-24(30)13-21(26(29)32)28(25(31)15-33-20-4-2-1-3-5-20)14-17-6-11-22-23(12-17)35-16-34-22/h1-12,21H,13-16H2. The number of carbonyl (C=O) groups excluding carboxylic acids is 3. The zero-order valence-corrected chi connectivity index (χ0v) is 19.3. The predicted octanol–water partition coefficient (Wildman–Crippen LogP) is 3.81. The molecule has 1 saturated heterocycles. The van der Waals surface area contributed by atoms with E-state index in [0.29, 0.717) is 28.0 Å². The molecule has 3 amide bonds. The second-order valence-corrected chi connectivity index (χ2v) is 8.51. The summed E-state index contributed by atoms with van der Waals surface area (Å²) in [6.07, 6.45) is -0.136. The molecule has 3 aromatic carbocycles. The molecule has 8 nitrogen and oxygen atoms in total. The fraction of sp³-hybridized carbons (Fsp3) is 0.192. The molecule has 1 fully saturated rings. The van der Waals surface area contributed by atoms with E-state index < -0.39 is 23.8 Å². The lowest BCUT2D eigenvalue weighted by Gasteiger charge is -2.28. The van der Waals surface area contributed by atoms with Crippen molar-refractivity contribution in [1.29, 1.82) is 0 Å². The normalized spacial score (nSPS) is 16.5. The van der Waals surface area contributed by atoms with Gasteiger partial charge in [0.25, 0.3) is 11.8 Å². The quantitative estimate of drug-likeness (QED) is 0.466. The number of amides is 3. The molecule has 178 valence electrons. The van der Waals surface area contributed by atoms with Crippen molar-refractivity contribution < 1.29 is 28.6 Å². The van der Waals surface area contributed by atoms with E-state index in [1.807, 2.05) is 6.07 Å². The van der Waals surface area contributed by atoms with Crippen molar-refractivity contribution in [3.05, 3.63) is 83.4 Å². The molecule has 9 heteroatoms. The van der Waals surface area contributed by atoms with Crippen LogP contribution in [0.3, 0.4) is 0 Å². The summed E-state index contributed by atoms with van der Waals surface area (Å²) < 4.78 is 16.4. The van der Waals surface area contributed by atoms with Crippen LogP contribution in [-0.4, -0.2) is 42.1 Å². The van der Waals surface area contributed by atoms with Gasteiger partial charge in [-0.1, -0.05) is 35.9 Å². The zero-order chi connectivity index (χ0) is 24.4. The van der Waals surface area contributed by atoms with Gasteiger partial charge in [0.05, 0.1) is 12.1 Å². The Bertz CT molecular complexity index is 1260. The van der Waals surface area contributed by atoms with Gasteiger partial charge < -0.3 is 19.1 Å². The highest BCUT2D eigenvalue weighted by Gasteiger charge is 2.44. The van der Waals surface area contributed by atoms with Gasteiger partial charge in [-0.25, -0.2) is 4.90 Å². The van der Waals surface area contributed by atoms with E-state index in [2.05, 4.69) is 0 Å². The Balaban J connectivity index is 1.40. The Morgan fingerprint density at radius 2 is 1.74 bits per heavy atom. The average molecular weight is 493 g/mol. The number of anilines is 1. The summed E-state index contributed by atoms with van der Waals surface area (Å²) in [7, 11) is 0. The maximum absolute atomic E-state index is 13.4. The van der Waals surface area contributed by atoms with Crippen LogP contribution in [0.25, 0.3) is 0 Å². The number of hydrogen-bond acceptors (Lipinski definition) is 6. The average Bonchev–Trinajstić information content (AvgIpc) is 3.45. The SMILES string of the molecule is O=C1CC(N(Cc2ccc3c(c2)OCO3)C(=O)COc2ccccc2)C(=O)N1c1ccc(Cl)cc1. The number of nitrogens with zero attached hydrogens (tertiary/aromatic N) is 2. The lowest BCUT2D eigenvalue weighted by atomic mass is 10.1. The maximum Gasteiger partial charge on any atom is 0.261 e. The van der Waals surface area contributed by atoms with E-state index in [1.165, 1.54) is 4.90 Å². The molecule has 0 aliphatic carbocycles. The number of rotatable bonds is 7. The molecule has 2 heterocycles. The molecule has 0 saturated carbocycles. The summed E-state index contributed by atoms with van der Waals surface area (Å²) in [6, 6.07) is 19.7. The summed E-state index contributed by atoms with van der Waals surface area (Å²) in [5, 5.41) is 0.488. The van der Waals surface area contributed by atoms with Crippen molar-refractivity contribution in [1.82, 2.24) is 4.90 Å². The summed E-state index contributed by atoms with van der Waals surface area (Å²) in [5.41, 5.74) is 1.13. The fourth-order valence-corrected chi connectivity index (χ4v) is 4.20. The number of fused-ring (bicyclic) bond motifs is 1. The minimum atomic E-state index is -0.976. The first-order chi connectivity index (χ1) is 17.0. The minimum Gasteiger partial charge on any atom is -0.484 e. The minimum absolute atomic E-state index is 0.0891. The van der Waals surface area contributed by atoms with Crippen LogP contribution in [0.5, 0.6) is 17.2 Å². The van der Waals surface area contributed by atoms with Gasteiger partial charge in [0.2, 0.25) is 12.7 Å². The van der Waals surface area contributed by atoms with Crippen LogP contribution in [0, 0.1) is 0 Å². The number of para-hydroxylation sites is 1. The highest BCUT2D eigenvalue weighted by molar-refractivity contribution is 6.30. The van der Waals surface area contributed by atoms with Crippen molar-refractivity contribution in [2.45, 2.75) is 19.0 Å². The Hall–Kier alpha value is -4.04. The second kappa shape index (κ2) is 9.68. The molecule has 0 spiro atoms. The number of halogens is 1. The van der Waals surface area contributed by atoms with Crippen LogP contribution in [0.2, 0.25) is 5.02 Å². The first kappa shape index (κ1) is 22.7. The smallest absolute Gasteiger partial charge is 0.261 e. The largest absolute Gasteiger partial charge is 0.484 e. The van der Waals surface area contributed by atoms with E-state index in [9.17, 15) is 14.4 Å². The summed E-state index contributed by atoms with van der Waals surface area (Å²) >= 11 is 5.95. The molecule has 35 heavy (non-hydrogen) atoms. The fourth-order valence-electron chi connectivity index (χ4n) is 4.07. The van der Waals surface area contributed by atoms with Gasteiger partial charge in [-0.15, -0.1) is 0 Å². The van der Waals surface area contributed by atoms with Crippen LogP contribution >= 0.6 is 11.6 Å². The Kier molecular flexibility index (Phi) is 6.29. The molecule has 0 aromatic heterocycles. The third-order valence-corrected chi connectivity index (χ3v) is 6.05. The van der Waals surface area contributed by atoms with E-state index in [1.54, 1.807) is 66.7 Å². The molecular formula is C26H21ClN2O6. The first-order valence-electron chi connectivity index (χ1n) is 11.0. The van der Waals surface area contributed by atoms with E-state index in [4.69, 9.17) is 25.8 Å². The molecule has 2 aliphatic rings. The molecule has 5 rings (SSSR count). The van der Waals surface area contributed by atoms with Gasteiger partial charge in [-0.05, 0) is 54.1 Å². The van der Waals surface area contributed by atoms with E-state index in [-0.39, 0.29) is 26.4 Å². The van der Waals surface area contributed by atoms with Crippen LogP contribution in [0.15, 0.2) is 72.8 Å². The Morgan fingerprint density at radius 1 is 1.00 bits per heavy atom. The van der Waals surface area contributed by atoms with Crippen molar-refractivity contribution in [3.8, 4) is 17.2 Å². The summed E-state index contributed by atoms with van der Waals surface area (Å²) in [4.78, 5) is 42.1. The Labute approximate surface area is 206 Å². The van der Waals surface area contributed by atoms with Crippen LogP contribution in [-0.2, 0) is 20.9 Å². The topological polar surface area (TPSA) is 85.4 Å². The number of ether oxygens (including phenoxy) is 3. The van der Waals surface area contributed by atoms with Crippen molar-refractivity contribution in [2.24, 2.45) is 0 Å². The molecule has 0 bridgehead atoms. The highest BCUT2D eigenvalue weighted by atomic mass is 35.5. The Morgan fingerprint density at radius 3 is 2.51 bits per heavy atom. The van der Waals surface area contributed by atoms with Crippen LogP contribution < -0.4 is 19.1 Å². The van der Waals surface area contributed by atoms with Gasteiger partial charge in [0, 0.05) is 11.6 Å². The van der Waals surface area contributed by atoms with Crippen LogP contribution in [0.4, 0.5) is 5.69 Å². The number of benzene rings is 3. The lowest BCUT2D eigenvalue weighted by Crippen LogP contribution is -2.46. The zero-order valence-electron chi connectivity index (χ0n) is 18.6. The van der Waals surface area contributed by atoms with Crippen molar-refractivity contribution >= 4 is 35.0 Å². The van der Waals surface area contributed by atoms with Crippen LogP contribution in [0.1, 0.15) is 12.0 Å². The lowest BCUT2D eigenvalue weighted by molar-refractivity contribution is -0.140. The van der Waals surface area contributed by atoms with Crippen molar-refractivity contribution in [3.63, 3.8) is 0 Å². The molecule has 0 radical (unpaired) electrons. The molecule has 1 atom stereocenters. The van der Waals surface area contributed by atoms with E-state index in [0.717, 1.165) is 10.5 Å². The summed E-state index contributed by atoms with van der Waals surface area (Å²) in [5.74, 6) is 0.407. The number of hydrogen-bond donors (Lipinski definition) is 0. The van der Waals surface area contributed by atoms with Gasteiger partial charge in [0.15, 0.2) is 18.1 Å². The molecule has 0 N–H and O–H groups in total. The van der Waals surface area contributed by atoms with Crippen molar-refractivity contribution in [2.75, 3.05) is 18.3 Å². The predicted molar refractivity (Wildman–Crippen MR) is 127 cm³/mol. The first-order valence-corrected chi connectivity index (χ1v) is 11.4. The van der Waals surface area contributed by atoms with Gasteiger partial charge in [-0.3, -0.25) is 14.4 Å². The maximum atomic E-state index is 13.4. The molecule has 1 unspecified atom stereocenters. The molecule has 2 aliphatic heterocycles. The number of carbonyl (C=O) groups is 3. The van der Waals surface area contributed by atoms with E-state index >= 15 is 0 Å². The van der Waals surface area contributed by atoms with Gasteiger partial charge in [0.1, 0.15) is 11.8 Å².